The van der Waals surface area contributed by atoms with Gasteiger partial charge in [0.1, 0.15) is 5.82 Å². The second kappa shape index (κ2) is 6.37. The molecule has 0 saturated carbocycles. The molecule has 0 fully saturated rings. The molecule has 1 atom stereocenters. The van der Waals surface area contributed by atoms with Crippen LogP contribution in [0.3, 0.4) is 0 Å². The van der Waals surface area contributed by atoms with Crippen molar-refractivity contribution < 1.29 is 0 Å². The van der Waals surface area contributed by atoms with Crippen molar-refractivity contribution in [1.29, 1.82) is 0 Å². The number of aromatic nitrogens is 2. The van der Waals surface area contributed by atoms with Crippen molar-refractivity contribution in [3.63, 3.8) is 0 Å². The van der Waals surface area contributed by atoms with Gasteiger partial charge in [0.05, 0.1) is 17.9 Å². The number of nitrogens with one attached hydrogen (secondary N) is 2. The zero-order valence-corrected chi connectivity index (χ0v) is 12.1. The van der Waals surface area contributed by atoms with E-state index in [2.05, 4.69) is 58.6 Å². The second-order valence-electron chi connectivity index (χ2n) is 5.14. The van der Waals surface area contributed by atoms with E-state index >= 15 is 0 Å². The molecule has 0 spiro atoms. The van der Waals surface area contributed by atoms with Crippen molar-refractivity contribution in [2.75, 3.05) is 0 Å². The lowest BCUT2D eigenvalue weighted by atomic mass is 10.2. The largest absolute Gasteiger partial charge is 0.341 e. The molecular formula is C18H19N3. The van der Waals surface area contributed by atoms with E-state index in [-0.39, 0.29) is 6.04 Å². The normalized spacial score (nSPS) is 12.2. The number of aromatic amines is 1. The Bertz CT molecular complexity index is 674. The van der Waals surface area contributed by atoms with Crippen LogP contribution in [0.5, 0.6) is 0 Å². The molecule has 3 aromatic rings. The number of nitrogens with zero attached hydrogens (tertiary/aromatic N) is 1. The summed E-state index contributed by atoms with van der Waals surface area (Å²) in [6.07, 6.45) is 1.89. The smallest absolute Gasteiger partial charge is 0.123 e. The Morgan fingerprint density at radius 1 is 1.00 bits per heavy atom. The number of hydrogen-bond acceptors (Lipinski definition) is 2. The molecule has 0 aliphatic rings. The molecule has 0 unspecified atom stereocenters. The Labute approximate surface area is 125 Å². The fraction of sp³-hybridized carbons (Fsp3) is 0.167. The van der Waals surface area contributed by atoms with Gasteiger partial charge >= 0.3 is 0 Å². The number of benzene rings is 2. The van der Waals surface area contributed by atoms with E-state index in [0.717, 1.165) is 23.6 Å². The van der Waals surface area contributed by atoms with Gasteiger partial charge in [0.15, 0.2) is 0 Å². The van der Waals surface area contributed by atoms with E-state index in [4.69, 9.17) is 0 Å². The van der Waals surface area contributed by atoms with Gasteiger partial charge in [0.25, 0.3) is 0 Å². The summed E-state index contributed by atoms with van der Waals surface area (Å²) in [6, 6.07) is 20.8. The van der Waals surface area contributed by atoms with Gasteiger partial charge in [-0.15, -0.1) is 0 Å². The Balaban J connectivity index is 1.66. The second-order valence-corrected chi connectivity index (χ2v) is 5.14. The zero-order valence-electron chi connectivity index (χ0n) is 12.1. The van der Waals surface area contributed by atoms with E-state index in [1.165, 1.54) is 5.56 Å². The number of rotatable bonds is 5. The van der Waals surface area contributed by atoms with Crippen LogP contribution >= 0.6 is 0 Å². The molecule has 0 amide bonds. The molecule has 1 heterocycles. The first-order valence-electron chi connectivity index (χ1n) is 7.20. The number of hydrogen-bond donors (Lipinski definition) is 2. The SMILES string of the molecule is C[C@@H](NCc1ccccc1)c1ncc(-c2ccccc2)[nH]1. The molecule has 106 valence electrons. The van der Waals surface area contributed by atoms with E-state index < -0.39 is 0 Å². The third-order valence-electron chi connectivity index (χ3n) is 3.55. The highest BCUT2D eigenvalue weighted by Gasteiger charge is 2.09. The first kappa shape index (κ1) is 13.6. The van der Waals surface area contributed by atoms with Gasteiger partial charge in [-0.2, -0.15) is 0 Å². The minimum atomic E-state index is 0.183. The van der Waals surface area contributed by atoms with E-state index in [9.17, 15) is 0 Å². The summed E-state index contributed by atoms with van der Waals surface area (Å²) in [5, 5.41) is 3.49. The fourth-order valence-electron chi connectivity index (χ4n) is 2.28. The summed E-state index contributed by atoms with van der Waals surface area (Å²) in [5.41, 5.74) is 3.49. The summed E-state index contributed by atoms with van der Waals surface area (Å²) >= 11 is 0. The van der Waals surface area contributed by atoms with Crippen LogP contribution in [-0.4, -0.2) is 9.97 Å². The highest BCUT2D eigenvalue weighted by molar-refractivity contribution is 5.58. The molecule has 0 aliphatic carbocycles. The van der Waals surface area contributed by atoms with Gasteiger partial charge < -0.3 is 10.3 Å². The maximum absolute atomic E-state index is 4.49. The zero-order chi connectivity index (χ0) is 14.5. The Morgan fingerprint density at radius 3 is 2.38 bits per heavy atom. The Morgan fingerprint density at radius 2 is 1.67 bits per heavy atom. The lowest BCUT2D eigenvalue weighted by Gasteiger charge is -2.11. The van der Waals surface area contributed by atoms with Crippen molar-refractivity contribution in [1.82, 2.24) is 15.3 Å². The van der Waals surface area contributed by atoms with Gasteiger partial charge in [-0.05, 0) is 18.1 Å². The molecular weight excluding hydrogens is 258 g/mol. The van der Waals surface area contributed by atoms with Crippen LogP contribution in [0.15, 0.2) is 66.9 Å². The average molecular weight is 277 g/mol. The molecule has 2 N–H and O–H groups in total. The molecule has 3 nitrogen and oxygen atoms in total. The third-order valence-corrected chi connectivity index (χ3v) is 3.55. The Kier molecular flexibility index (Phi) is 4.12. The summed E-state index contributed by atoms with van der Waals surface area (Å²) in [5.74, 6) is 0.963. The predicted octanol–water partition coefficient (Wildman–Crippen LogP) is 3.93. The van der Waals surface area contributed by atoms with Gasteiger partial charge in [-0.25, -0.2) is 4.98 Å². The lowest BCUT2D eigenvalue weighted by Crippen LogP contribution is -2.19. The fourth-order valence-corrected chi connectivity index (χ4v) is 2.28. The highest BCUT2D eigenvalue weighted by Crippen LogP contribution is 2.18. The van der Waals surface area contributed by atoms with Crippen LogP contribution < -0.4 is 5.32 Å². The van der Waals surface area contributed by atoms with Gasteiger partial charge in [0.2, 0.25) is 0 Å². The average Bonchev–Trinajstić information content (AvgIpc) is 3.04. The van der Waals surface area contributed by atoms with Crippen molar-refractivity contribution >= 4 is 0 Å². The molecule has 0 saturated heterocycles. The van der Waals surface area contributed by atoms with Crippen molar-refractivity contribution in [2.45, 2.75) is 19.5 Å². The molecule has 0 aliphatic heterocycles. The van der Waals surface area contributed by atoms with Crippen LogP contribution in [0.2, 0.25) is 0 Å². The molecule has 3 heteroatoms. The molecule has 0 bridgehead atoms. The maximum Gasteiger partial charge on any atom is 0.123 e. The van der Waals surface area contributed by atoms with Gasteiger partial charge in [0, 0.05) is 6.54 Å². The van der Waals surface area contributed by atoms with Crippen LogP contribution in [-0.2, 0) is 6.54 Å². The van der Waals surface area contributed by atoms with E-state index in [1.54, 1.807) is 0 Å². The summed E-state index contributed by atoms with van der Waals surface area (Å²) in [4.78, 5) is 7.88. The minimum Gasteiger partial charge on any atom is -0.341 e. The monoisotopic (exact) mass is 277 g/mol. The van der Waals surface area contributed by atoms with Gasteiger partial charge in [-0.1, -0.05) is 60.7 Å². The summed E-state index contributed by atoms with van der Waals surface area (Å²) in [7, 11) is 0. The molecule has 1 aromatic heterocycles. The van der Waals surface area contributed by atoms with Crippen LogP contribution in [0.1, 0.15) is 24.4 Å². The highest BCUT2D eigenvalue weighted by atomic mass is 15.0. The van der Waals surface area contributed by atoms with Crippen molar-refractivity contribution in [2.24, 2.45) is 0 Å². The third kappa shape index (κ3) is 3.38. The lowest BCUT2D eigenvalue weighted by molar-refractivity contribution is 0.551. The molecule has 21 heavy (non-hydrogen) atoms. The Hall–Kier alpha value is -2.39. The van der Waals surface area contributed by atoms with Crippen LogP contribution in [0, 0.1) is 0 Å². The number of imidazole rings is 1. The maximum atomic E-state index is 4.49. The standard InChI is InChI=1S/C18H19N3/c1-14(19-12-15-8-4-2-5-9-15)18-20-13-17(21-18)16-10-6-3-7-11-16/h2-11,13-14,19H,12H2,1H3,(H,20,21)/t14-/m1/s1. The van der Waals surface area contributed by atoms with Crippen molar-refractivity contribution in [3.05, 3.63) is 78.2 Å². The van der Waals surface area contributed by atoms with Gasteiger partial charge in [-0.3, -0.25) is 0 Å². The van der Waals surface area contributed by atoms with Crippen LogP contribution in [0.25, 0.3) is 11.3 Å². The summed E-state index contributed by atoms with van der Waals surface area (Å²) < 4.78 is 0. The predicted molar refractivity (Wildman–Crippen MR) is 85.7 cm³/mol. The quantitative estimate of drug-likeness (QED) is 0.742. The summed E-state index contributed by atoms with van der Waals surface area (Å²) in [6.45, 7) is 2.96. The van der Waals surface area contributed by atoms with Crippen molar-refractivity contribution in [3.8, 4) is 11.3 Å². The van der Waals surface area contributed by atoms with E-state index in [0.29, 0.717) is 0 Å². The topological polar surface area (TPSA) is 40.7 Å². The molecule has 3 rings (SSSR count). The first-order valence-corrected chi connectivity index (χ1v) is 7.20. The van der Waals surface area contributed by atoms with Crippen LogP contribution in [0.4, 0.5) is 0 Å². The minimum absolute atomic E-state index is 0.183. The number of H-pyrrole nitrogens is 1. The molecule has 0 radical (unpaired) electrons. The molecule has 2 aromatic carbocycles. The van der Waals surface area contributed by atoms with E-state index in [1.807, 2.05) is 30.5 Å². The first-order chi connectivity index (χ1) is 10.3.